The Morgan fingerprint density at radius 2 is 2.29 bits per heavy atom. The van der Waals surface area contributed by atoms with Gasteiger partial charge in [-0.25, -0.2) is 0 Å². The highest BCUT2D eigenvalue weighted by Gasteiger charge is 2.14. The molecule has 0 amide bonds. The van der Waals surface area contributed by atoms with Crippen molar-refractivity contribution in [3.8, 4) is 0 Å². The van der Waals surface area contributed by atoms with Crippen molar-refractivity contribution in [2.75, 3.05) is 6.54 Å². The zero-order chi connectivity index (χ0) is 15.2. The number of aromatic amines is 1. The summed E-state index contributed by atoms with van der Waals surface area (Å²) in [5.41, 5.74) is 8.33. The Balaban J connectivity index is 2.36. The zero-order valence-corrected chi connectivity index (χ0v) is 10.9. The highest BCUT2D eigenvalue weighted by molar-refractivity contribution is 5.82. The number of fused-ring (bicyclic) bond motifs is 1. The SMILES string of the molecule is [N-]=[N+]=NCCC=Cc1ccc2[nH]cc([N+](=O)[O-])c(=O)c2c1. The third-order valence-corrected chi connectivity index (χ3v) is 2.85. The summed E-state index contributed by atoms with van der Waals surface area (Å²) >= 11 is 0. The minimum absolute atomic E-state index is 0.265. The second-order valence-electron chi connectivity index (χ2n) is 4.21. The molecule has 8 nitrogen and oxygen atoms in total. The molecule has 0 saturated carbocycles. The van der Waals surface area contributed by atoms with E-state index in [-0.39, 0.29) is 5.39 Å². The number of nitro groups is 1. The standard InChI is InChI=1S/C13H11N5O3/c14-17-16-6-2-1-3-9-4-5-11-10(7-9)13(19)12(8-15-11)18(20)21/h1,3-5,7-8H,2,6H2,(H,15,19). The van der Waals surface area contributed by atoms with E-state index in [0.717, 1.165) is 11.8 Å². The van der Waals surface area contributed by atoms with E-state index in [2.05, 4.69) is 15.0 Å². The lowest BCUT2D eigenvalue weighted by Crippen LogP contribution is -2.09. The Labute approximate surface area is 118 Å². The number of nitrogens with one attached hydrogen (secondary N) is 1. The summed E-state index contributed by atoms with van der Waals surface area (Å²) in [6.07, 6.45) is 5.25. The molecule has 0 radical (unpaired) electrons. The summed E-state index contributed by atoms with van der Waals surface area (Å²) in [4.78, 5) is 27.4. The first-order valence-electron chi connectivity index (χ1n) is 6.10. The molecule has 106 valence electrons. The van der Waals surface area contributed by atoms with E-state index in [4.69, 9.17) is 5.53 Å². The lowest BCUT2D eigenvalue weighted by molar-refractivity contribution is -0.386. The molecule has 2 rings (SSSR count). The van der Waals surface area contributed by atoms with Gasteiger partial charge in [-0.05, 0) is 29.6 Å². The summed E-state index contributed by atoms with van der Waals surface area (Å²) in [5, 5.41) is 14.4. The van der Waals surface area contributed by atoms with Crippen LogP contribution in [0, 0.1) is 10.1 Å². The van der Waals surface area contributed by atoms with Gasteiger partial charge in [-0.2, -0.15) is 0 Å². The molecule has 0 fully saturated rings. The molecule has 0 bridgehead atoms. The van der Waals surface area contributed by atoms with Crippen LogP contribution in [-0.2, 0) is 0 Å². The smallest absolute Gasteiger partial charge is 0.332 e. The minimum atomic E-state index is -0.708. The fraction of sp³-hybridized carbons (Fsp3) is 0.154. The van der Waals surface area contributed by atoms with E-state index in [9.17, 15) is 14.9 Å². The van der Waals surface area contributed by atoms with Gasteiger partial charge in [0, 0.05) is 17.0 Å². The summed E-state index contributed by atoms with van der Waals surface area (Å²) in [6, 6.07) is 5.06. The number of hydrogen-bond acceptors (Lipinski definition) is 4. The van der Waals surface area contributed by atoms with Crippen LogP contribution in [0.1, 0.15) is 12.0 Å². The van der Waals surface area contributed by atoms with Gasteiger partial charge in [0.15, 0.2) is 0 Å². The van der Waals surface area contributed by atoms with Gasteiger partial charge in [0.2, 0.25) is 0 Å². The first kappa shape index (κ1) is 14.3. The number of nitrogens with zero attached hydrogens (tertiary/aromatic N) is 4. The van der Waals surface area contributed by atoms with E-state index in [1.165, 1.54) is 0 Å². The molecule has 0 saturated heterocycles. The van der Waals surface area contributed by atoms with Gasteiger partial charge in [0.25, 0.3) is 5.43 Å². The Morgan fingerprint density at radius 3 is 3.00 bits per heavy atom. The first-order chi connectivity index (χ1) is 10.1. The molecular weight excluding hydrogens is 274 g/mol. The Bertz CT molecular complexity index is 818. The maximum absolute atomic E-state index is 12.0. The number of azide groups is 1. The molecule has 21 heavy (non-hydrogen) atoms. The van der Waals surface area contributed by atoms with Crippen LogP contribution in [0.5, 0.6) is 0 Å². The molecule has 0 aliphatic carbocycles. The number of aromatic nitrogens is 1. The number of H-pyrrole nitrogens is 1. The van der Waals surface area contributed by atoms with E-state index in [1.54, 1.807) is 30.4 Å². The molecular formula is C13H11N5O3. The summed E-state index contributed by atoms with van der Waals surface area (Å²) in [7, 11) is 0. The topological polar surface area (TPSA) is 125 Å². The van der Waals surface area contributed by atoms with Crippen molar-refractivity contribution < 1.29 is 4.92 Å². The van der Waals surface area contributed by atoms with Gasteiger partial charge in [-0.1, -0.05) is 23.3 Å². The van der Waals surface area contributed by atoms with Gasteiger partial charge >= 0.3 is 5.69 Å². The maximum Gasteiger partial charge on any atom is 0.332 e. The molecule has 1 heterocycles. The number of pyridine rings is 1. The van der Waals surface area contributed by atoms with Crippen LogP contribution >= 0.6 is 0 Å². The third-order valence-electron chi connectivity index (χ3n) is 2.85. The second kappa shape index (κ2) is 6.36. The van der Waals surface area contributed by atoms with Crippen molar-refractivity contribution in [1.82, 2.24) is 4.98 Å². The largest absolute Gasteiger partial charge is 0.355 e. The molecule has 1 N–H and O–H groups in total. The Kier molecular flexibility index (Phi) is 4.33. The lowest BCUT2D eigenvalue weighted by Gasteiger charge is -1.99. The van der Waals surface area contributed by atoms with Crippen LogP contribution in [0.4, 0.5) is 5.69 Å². The molecule has 0 spiro atoms. The van der Waals surface area contributed by atoms with Crippen molar-refractivity contribution in [2.45, 2.75) is 6.42 Å². The summed E-state index contributed by atoms with van der Waals surface area (Å²) in [5.74, 6) is 0. The maximum atomic E-state index is 12.0. The summed E-state index contributed by atoms with van der Waals surface area (Å²) in [6.45, 7) is 0.354. The molecule has 0 unspecified atom stereocenters. The molecule has 1 aromatic heterocycles. The van der Waals surface area contributed by atoms with Crippen LogP contribution in [0.15, 0.2) is 40.4 Å². The van der Waals surface area contributed by atoms with Gasteiger partial charge in [-0.15, -0.1) is 0 Å². The normalized spacial score (nSPS) is 10.7. The van der Waals surface area contributed by atoms with Crippen molar-refractivity contribution in [3.63, 3.8) is 0 Å². The fourth-order valence-electron chi connectivity index (χ4n) is 1.86. The molecule has 1 aromatic carbocycles. The van der Waals surface area contributed by atoms with Gasteiger partial charge in [-0.3, -0.25) is 14.9 Å². The van der Waals surface area contributed by atoms with Crippen molar-refractivity contribution in [2.24, 2.45) is 5.11 Å². The first-order valence-corrected chi connectivity index (χ1v) is 6.10. The minimum Gasteiger partial charge on any atom is -0.355 e. The van der Waals surface area contributed by atoms with E-state index < -0.39 is 16.0 Å². The van der Waals surface area contributed by atoms with Crippen molar-refractivity contribution in [1.29, 1.82) is 0 Å². The average molecular weight is 285 g/mol. The van der Waals surface area contributed by atoms with Crippen molar-refractivity contribution >= 4 is 22.7 Å². The average Bonchev–Trinajstić information content (AvgIpc) is 2.47. The number of benzene rings is 1. The molecule has 8 heteroatoms. The molecule has 2 aromatic rings. The van der Waals surface area contributed by atoms with Gasteiger partial charge in [0.1, 0.15) is 0 Å². The van der Waals surface area contributed by atoms with E-state index >= 15 is 0 Å². The molecule has 0 aliphatic heterocycles. The molecule has 0 aliphatic rings. The predicted molar refractivity (Wildman–Crippen MR) is 78.9 cm³/mol. The van der Waals surface area contributed by atoms with Crippen molar-refractivity contribution in [3.05, 3.63) is 66.8 Å². The summed E-state index contributed by atoms with van der Waals surface area (Å²) < 4.78 is 0. The third kappa shape index (κ3) is 3.26. The van der Waals surface area contributed by atoms with Crippen LogP contribution in [0.25, 0.3) is 27.4 Å². The van der Waals surface area contributed by atoms with Crippen LogP contribution < -0.4 is 5.43 Å². The number of rotatable bonds is 5. The quantitative estimate of drug-likeness (QED) is 0.226. The monoisotopic (exact) mass is 285 g/mol. The molecule has 0 atom stereocenters. The predicted octanol–water partition coefficient (Wildman–Crippen LogP) is 3.15. The fourth-order valence-corrected chi connectivity index (χ4v) is 1.86. The number of hydrogen-bond donors (Lipinski definition) is 1. The Hall–Kier alpha value is -3.12. The lowest BCUT2D eigenvalue weighted by atomic mass is 10.1. The van der Waals surface area contributed by atoms with E-state index in [1.807, 2.05) is 0 Å². The van der Waals surface area contributed by atoms with Gasteiger partial charge < -0.3 is 4.98 Å². The Morgan fingerprint density at radius 1 is 1.48 bits per heavy atom. The highest BCUT2D eigenvalue weighted by Crippen LogP contribution is 2.15. The van der Waals surface area contributed by atoms with Gasteiger partial charge in [0.05, 0.1) is 16.5 Å². The van der Waals surface area contributed by atoms with E-state index in [0.29, 0.717) is 18.5 Å². The van der Waals surface area contributed by atoms with Crippen LogP contribution in [0.3, 0.4) is 0 Å². The van der Waals surface area contributed by atoms with Crippen LogP contribution in [0.2, 0.25) is 0 Å². The highest BCUT2D eigenvalue weighted by atomic mass is 16.6. The zero-order valence-electron chi connectivity index (χ0n) is 10.9. The second-order valence-corrected chi connectivity index (χ2v) is 4.21. The van der Waals surface area contributed by atoms with Crippen LogP contribution in [-0.4, -0.2) is 16.5 Å².